The van der Waals surface area contributed by atoms with Crippen LogP contribution in [0, 0.1) is 5.92 Å². The first-order valence-corrected chi connectivity index (χ1v) is 18.2. The van der Waals surface area contributed by atoms with E-state index in [0.29, 0.717) is 31.2 Å². The van der Waals surface area contributed by atoms with Gasteiger partial charge in [0.2, 0.25) is 12.3 Å². The lowest BCUT2D eigenvalue weighted by Crippen LogP contribution is -2.49. The van der Waals surface area contributed by atoms with Crippen LogP contribution in [-0.4, -0.2) is 68.1 Å². The van der Waals surface area contributed by atoms with Gasteiger partial charge in [-0.2, -0.15) is 10.2 Å². The molecule has 0 aliphatic heterocycles. The zero-order valence-electron chi connectivity index (χ0n) is 28.6. The molecule has 272 valence electrons. The molecule has 51 heavy (non-hydrogen) atoms. The van der Waals surface area contributed by atoms with E-state index < -0.39 is 37.3 Å². The van der Waals surface area contributed by atoms with Crippen LogP contribution in [0.15, 0.2) is 77.5 Å². The molecule has 0 saturated carbocycles. The van der Waals surface area contributed by atoms with Gasteiger partial charge in [-0.05, 0) is 80.4 Å². The Kier molecular flexibility index (Phi) is 13.7. The van der Waals surface area contributed by atoms with Gasteiger partial charge in [-0.25, -0.2) is 9.48 Å². The number of ether oxygens (including phenoxy) is 1. The second-order valence-corrected chi connectivity index (χ2v) is 13.1. The molecule has 0 radical (unpaired) electrons. The van der Waals surface area contributed by atoms with E-state index in [1.807, 2.05) is 6.92 Å². The lowest BCUT2D eigenvalue weighted by Gasteiger charge is -2.31. The van der Waals surface area contributed by atoms with Crippen LogP contribution < -0.4 is 20.7 Å². The van der Waals surface area contributed by atoms with Gasteiger partial charge in [0, 0.05) is 18.0 Å². The number of benzene rings is 2. The van der Waals surface area contributed by atoms with Crippen LogP contribution in [0.5, 0.6) is 5.75 Å². The number of hydroxylamine groups is 2. The summed E-state index contributed by atoms with van der Waals surface area (Å²) in [4.78, 5) is 76.5. The summed E-state index contributed by atoms with van der Waals surface area (Å²) in [7, 11) is -4.61. The fourth-order valence-corrected chi connectivity index (χ4v) is 6.03. The van der Waals surface area contributed by atoms with Crippen LogP contribution in [-0.2, 0) is 19.0 Å². The summed E-state index contributed by atoms with van der Waals surface area (Å²) in [5, 5.41) is 10.0. The number of hydrogen-bond donors (Lipinski definition) is 4. The third kappa shape index (κ3) is 10.4. The lowest BCUT2D eigenvalue weighted by molar-refractivity contribution is -0.171. The van der Waals surface area contributed by atoms with Gasteiger partial charge in [0.25, 0.3) is 5.91 Å². The standard InChI is InChI=1S/C35H42N5O10P/c1-4-7-8-10-29(30(5-2)40(23-41)50-35(44)24-11-13-26(14-12-24)39-18-9-17-38-39)33(42)36-22-37-34(43)32-16-15-31(49-32)25-19-27(48-6-3)21-28(20-25)51(45,46)47/h9,11-21,23,29-30H,4-8,10,22H2,1-3H3,(H,36,42)(H,37,43)(H2,45,46,47). The van der Waals surface area contributed by atoms with Crippen molar-refractivity contribution < 1.29 is 47.5 Å². The molecule has 0 aliphatic rings. The Morgan fingerprint density at radius 2 is 1.80 bits per heavy atom. The van der Waals surface area contributed by atoms with Crippen LogP contribution in [0.4, 0.5) is 0 Å². The third-order valence-electron chi connectivity index (χ3n) is 7.99. The molecule has 4 aromatic rings. The monoisotopic (exact) mass is 723 g/mol. The van der Waals surface area contributed by atoms with E-state index >= 15 is 0 Å². The summed E-state index contributed by atoms with van der Waals surface area (Å²) in [5.41, 5.74) is 1.22. The van der Waals surface area contributed by atoms with Crippen molar-refractivity contribution in [2.24, 2.45) is 5.92 Å². The predicted molar refractivity (Wildman–Crippen MR) is 186 cm³/mol. The quantitative estimate of drug-likeness (QED) is 0.0352. The highest BCUT2D eigenvalue weighted by molar-refractivity contribution is 7.60. The largest absolute Gasteiger partial charge is 0.494 e. The van der Waals surface area contributed by atoms with E-state index in [0.717, 1.165) is 23.6 Å². The minimum absolute atomic E-state index is 0.110. The lowest BCUT2D eigenvalue weighted by atomic mass is 9.90. The Balaban J connectivity index is 1.41. The Hall–Kier alpha value is -5.24. The zero-order valence-corrected chi connectivity index (χ0v) is 29.5. The smallest absolute Gasteiger partial charge is 0.363 e. The molecule has 4 N–H and O–H groups in total. The molecule has 16 heteroatoms. The van der Waals surface area contributed by atoms with Gasteiger partial charge < -0.3 is 34.4 Å². The Labute approximate surface area is 295 Å². The molecule has 0 saturated heterocycles. The number of carbonyl (C=O) groups is 4. The van der Waals surface area contributed by atoms with Crippen molar-refractivity contribution in [3.8, 4) is 22.8 Å². The molecule has 2 aromatic carbocycles. The SMILES string of the molecule is CCCCCC(C(=O)NCNC(=O)c1ccc(-c2cc(OCC)cc(P(=O)(O)O)c2)o1)C(CC)N(C=O)OC(=O)c1ccc(-n2cccn2)cc1. The van der Waals surface area contributed by atoms with Crippen molar-refractivity contribution in [1.29, 1.82) is 0 Å². The van der Waals surface area contributed by atoms with Crippen LogP contribution in [0.2, 0.25) is 0 Å². The topological polar surface area (TPSA) is 203 Å². The molecule has 2 atom stereocenters. The second kappa shape index (κ2) is 18.1. The molecule has 2 unspecified atom stereocenters. The first-order chi connectivity index (χ1) is 24.5. The molecule has 2 heterocycles. The number of amides is 3. The van der Waals surface area contributed by atoms with Gasteiger partial charge in [0.1, 0.15) is 11.5 Å². The predicted octanol–water partition coefficient (Wildman–Crippen LogP) is 4.34. The maximum atomic E-state index is 13.5. The van der Waals surface area contributed by atoms with Crippen LogP contribution in [0.25, 0.3) is 17.0 Å². The zero-order chi connectivity index (χ0) is 37.0. The molecule has 15 nitrogen and oxygen atoms in total. The van der Waals surface area contributed by atoms with Crippen molar-refractivity contribution in [3.05, 3.63) is 84.4 Å². The minimum Gasteiger partial charge on any atom is -0.494 e. The molecule has 0 bridgehead atoms. The number of nitrogens with one attached hydrogen (secondary N) is 2. The second-order valence-electron chi connectivity index (χ2n) is 11.5. The van der Waals surface area contributed by atoms with Crippen LogP contribution in [0.1, 0.15) is 73.8 Å². The Morgan fingerprint density at radius 1 is 1.04 bits per heavy atom. The highest BCUT2D eigenvalue weighted by Gasteiger charge is 2.33. The number of nitrogens with zero attached hydrogens (tertiary/aromatic N) is 3. The van der Waals surface area contributed by atoms with Gasteiger partial charge >= 0.3 is 13.6 Å². The summed E-state index contributed by atoms with van der Waals surface area (Å²) in [6.45, 7) is 5.51. The van der Waals surface area contributed by atoms with Crippen LogP contribution >= 0.6 is 7.60 Å². The van der Waals surface area contributed by atoms with Gasteiger partial charge in [-0.1, -0.05) is 33.1 Å². The van der Waals surface area contributed by atoms with E-state index in [1.54, 1.807) is 61.3 Å². The van der Waals surface area contributed by atoms with Gasteiger partial charge in [-0.3, -0.25) is 18.9 Å². The highest BCUT2D eigenvalue weighted by atomic mass is 31.2. The molecule has 0 spiro atoms. The van der Waals surface area contributed by atoms with E-state index in [1.165, 1.54) is 30.3 Å². The summed E-state index contributed by atoms with van der Waals surface area (Å²) >= 11 is 0. The summed E-state index contributed by atoms with van der Waals surface area (Å²) in [6, 6.07) is 14.3. The fraction of sp³-hybridized carbons (Fsp3) is 0.343. The summed E-state index contributed by atoms with van der Waals surface area (Å²) in [6.07, 6.45) is 6.87. The molecule has 3 amide bonds. The minimum atomic E-state index is -4.61. The molecular weight excluding hydrogens is 681 g/mol. The number of rotatable bonds is 19. The first kappa shape index (κ1) is 38.6. The number of aromatic nitrogens is 2. The molecule has 0 fully saturated rings. The normalized spacial score (nSPS) is 12.4. The fourth-order valence-electron chi connectivity index (χ4n) is 5.43. The molecule has 2 aromatic heterocycles. The van der Waals surface area contributed by atoms with Crippen LogP contribution in [0.3, 0.4) is 0 Å². The third-order valence-corrected chi connectivity index (χ3v) is 8.92. The van der Waals surface area contributed by atoms with Gasteiger partial charge in [0.15, 0.2) is 5.76 Å². The van der Waals surface area contributed by atoms with Crippen molar-refractivity contribution in [2.75, 3.05) is 13.3 Å². The molecule has 4 rings (SSSR count). The number of unbranched alkanes of at least 4 members (excludes halogenated alkanes) is 2. The average molecular weight is 724 g/mol. The Bertz CT molecular complexity index is 1820. The van der Waals surface area contributed by atoms with Crippen molar-refractivity contribution in [1.82, 2.24) is 25.5 Å². The van der Waals surface area contributed by atoms with E-state index in [4.69, 9.17) is 14.0 Å². The maximum absolute atomic E-state index is 13.5. The van der Waals surface area contributed by atoms with Crippen molar-refractivity contribution in [2.45, 2.75) is 58.9 Å². The molecule has 0 aliphatic carbocycles. The van der Waals surface area contributed by atoms with Gasteiger partial charge in [0.05, 0.1) is 41.8 Å². The maximum Gasteiger partial charge on any atom is 0.363 e. The van der Waals surface area contributed by atoms with Crippen molar-refractivity contribution in [3.63, 3.8) is 0 Å². The number of hydrogen-bond acceptors (Lipinski definition) is 9. The first-order valence-electron chi connectivity index (χ1n) is 16.5. The summed E-state index contributed by atoms with van der Waals surface area (Å²) in [5.74, 6) is -2.37. The van der Waals surface area contributed by atoms with E-state index in [9.17, 15) is 33.5 Å². The number of carbonyl (C=O) groups excluding carboxylic acids is 4. The summed E-state index contributed by atoms with van der Waals surface area (Å²) < 4.78 is 24.6. The van der Waals surface area contributed by atoms with E-state index in [-0.39, 0.29) is 41.4 Å². The Morgan fingerprint density at radius 3 is 2.43 bits per heavy atom. The number of furan rings is 1. The van der Waals surface area contributed by atoms with Gasteiger partial charge in [-0.15, -0.1) is 0 Å². The van der Waals surface area contributed by atoms with E-state index in [2.05, 4.69) is 15.7 Å². The molecular formula is C35H42N5O10P. The average Bonchev–Trinajstić information content (AvgIpc) is 3.84. The van der Waals surface area contributed by atoms with Crippen molar-refractivity contribution >= 4 is 37.1 Å². The highest BCUT2D eigenvalue weighted by Crippen LogP contribution is 2.37.